The fraction of sp³-hybridized carbons (Fsp3) is 0.769. The molecule has 0 aliphatic rings. The molecule has 3 N–H and O–H groups in total. The number of hydrogen-bond acceptors (Lipinski definition) is 5. The topological polar surface area (TPSA) is 114 Å². The van der Waals surface area contributed by atoms with Crippen LogP contribution >= 0.6 is 0 Å². The molecule has 0 rings (SSSR count). The quantitative estimate of drug-likeness (QED) is 0.685. The fourth-order valence-electron chi connectivity index (χ4n) is 1.15. The van der Waals surface area contributed by atoms with Crippen molar-refractivity contribution in [1.29, 1.82) is 0 Å². The van der Waals surface area contributed by atoms with Gasteiger partial charge in [0.25, 0.3) is 0 Å². The molecule has 0 fully saturated rings. The molecule has 2 amide bonds. The van der Waals surface area contributed by atoms with Gasteiger partial charge in [-0.3, -0.25) is 10.6 Å². The second kappa shape index (κ2) is 6.19. The molecule has 0 saturated carbocycles. The van der Waals surface area contributed by atoms with Gasteiger partial charge in [0.2, 0.25) is 5.66 Å². The van der Waals surface area contributed by atoms with Crippen LogP contribution in [0.3, 0.4) is 0 Å². The molecular weight excluding hydrogens is 280 g/mol. The van der Waals surface area contributed by atoms with Gasteiger partial charge in [0.05, 0.1) is 0 Å². The number of nitrogens with one attached hydrogen (secondary N) is 2. The van der Waals surface area contributed by atoms with Gasteiger partial charge >= 0.3 is 18.2 Å². The van der Waals surface area contributed by atoms with E-state index in [2.05, 4.69) is 10.6 Å². The van der Waals surface area contributed by atoms with E-state index >= 15 is 0 Å². The molecule has 0 aromatic rings. The van der Waals surface area contributed by atoms with Crippen molar-refractivity contribution < 1.29 is 29.0 Å². The van der Waals surface area contributed by atoms with Crippen LogP contribution in [0.5, 0.6) is 0 Å². The zero-order valence-electron chi connectivity index (χ0n) is 13.5. The molecule has 0 saturated heterocycles. The van der Waals surface area contributed by atoms with E-state index in [1.807, 2.05) is 0 Å². The first kappa shape index (κ1) is 19.0. The van der Waals surface area contributed by atoms with Gasteiger partial charge in [-0.15, -0.1) is 0 Å². The first-order valence-corrected chi connectivity index (χ1v) is 6.40. The van der Waals surface area contributed by atoms with Gasteiger partial charge in [0, 0.05) is 0 Å². The summed E-state index contributed by atoms with van der Waals surface area (Å²) in [5.41, 5.74) is -3.64. The molecule has 0 heterocycles. The van der Waals surface area contributed by atoms with Gasteiger partial charge in [-0.25, -0.2) is 14.4 Å². The van der Waals surface area contributed by atoms with Gasteiger partial charge in [-0.05, 0) is 48.5 Å². The fourth-order valence-corrected chi connectivity index (χ4v) is 1.15. The van der Waals surface area contributed by atoms with E-state index in [9.17, 15) is 19.5 Å². The van der Waals surface area contributed by atoms with Crippen molar-refractivity contribution in [2.45, 2.75) is 65.3 Å². The van der Waals surface area contributed by atoms with Gasteiger partial charge < -0.3 is 14.6 Å². The van der Waals surface area contributed by atoms with Gasteiger partial charge in [-0.2, -0.15) is 0 Å². The van der Waals surface area contributed by atoms with E-state index < -0.39 is 35.0 Å². The molecule has 0 spiro atoms. The molecule has 0 aliphatic heterocycles. The maximum absolute atomic E-state index is 11.7. The van der Waals surface area contributed by atoms with Crippen molar-refractivity contribution in [3.63, 3.8) is 0 Å². The summed E-state index contributed by atoms with van der Waals surface area (Å²) >= 11 is 0. The van der Waals surface area contributed by atoms with E-state index in [1.165, 1.54) is 0 Å². The molecule has 21 heavy (non-hydrogen) atoms. The molecule has 0 atom stereocenters. The predicted molar refractivity (Wildman–Crippen MR) is 74.8 cm³/mol. The van der Waals surface area contributed by atoms with E-state index in [0.29, 0.717) is 0 Å². The van der Waals surface area contributed by atoms with Crippen LogP contribution in [0.1, 0.15) is 48.5 Å². The Balaban J connectivity index is 4.90. The summed E-state index contributed by atoms with van der Waals surface area (Å²) in [4.78, 5) is 34.6. The van der Waals surface area contributed by atoms with Gasteiger partial charge in [0.15, 0.2) is 0 Å². The van der Waals surface area contributed by atoms with E-state index in [0.717, 1.165) is 6.92 Å². The van der Waals surface area contributed by atoms with Crippen molar-refractivity contribution in [2.24, 2.45) is 0 Å². The van der Waals surface area contributed by atoms with Crippen LogP contribution in [0.25, 0.3) is 0 Å². The summed E-state index contributed by atoms with van der Waals surface area (Å²) < 4.78 is 9.92. The molecule has 8 heteroatoms. The number of carboxylic acids is 1. The number of alkyl carbamates (subject to hydrolysis) is 2. The number of amides is 2. The summed E-state index contributed by atoms with van der Waals surface area (Å²) in [6, 6.07) is 0. The Labute approximate surface area is 124 Å². The Morgan fingerprint density at radius 2 is 1.05 bits per heavy atom. The summed E-state index contributed by atoms with van der Waals surface area (Å²) in [5, 5.41) is 13.4. The molecular formula is C13H24N2O6. The third-order valence-electron chi connectivity index (χ3n) is 1.93. The molecule has 0 bridgehead atoms. The molecule has 0 radical (unpaired) electrons. The summed E-state index contributed by atoms with van der Waals surface area (Å²) in [6.45, 7) is 10.9. The minimum absolute atomic E-state index is 0.796. The van der Waals surface area contributed by atoms with E-state index in [1.54, 1.807) is 41.5 Å². The van der Waals surface area contributed by atoms with Crippen molar-refractivity contribution in [1.82, 2.24) is 10.6 Å². The van der Waals surface area contributed by atoms with E-state index in [4.69, 9.17) is 9.47 Å². The number of aliphatic carboxylic acids is 1. The number of hydrogen-bond donors (Lipinski definition) is 3. The third kappa shape index (κ3) is 8.01. The summed E-state index contributed by atoms with van der Waals surface area (Å²) in [7, 11) is 0. The van der Waals surface area contributed by atoms with Crippen molar-refractivity contribution in [3.05, 3.63) is 0 Å². The Kier molecular flexibility index (Phi) is 5.61. The van der Waals surface area contributed by atoms with Crippen LogP contribution in [-0.4, -0.2) is 40.1 Å². The van der Waals surface area contributed by atoms with Crippen LogP contribution in [0.15, 0.2) is 0 Å². The molecule has 8 nitrogen and oxygen atoms in total. The maximum Gasteiger partial charge on any atom is 0.409 e. The Bertz CT molecular complexity index is 389. The average Bonchev–Trinajstić information content (AvgIpc) is 2.08. The number of rotatable bonds is 3. The van der Waals surface area contributed by atoms with Crippen LogP contribution in [0.4, 0.5) is 9.59 Å². The predicted octanol–water partition coefficient (Wildman–Crippen LogP) is 1.84. The van der Waals surface area contributed by atoms with Gasteiger partial charge in [-0.1, -0.05) is 0 Å². The largest absolute Gasteiger partial charge is 0.478 e. The highest BCUT2D eigenvalue weighted by Crippen LogP contribution is 2.11. The van der Waals surface area contributed by atoms with Crippen LogP contribution in [0, 0.1) is 0 Å². The molecule has 0 unspecified atom stereocenters. The number of carbonyl (C=O) groups is 3. The first-order chi connectivity index (χ1) is 9.15. The van der Waals surface area contributed by atoms with E-state index in [-0.39, 0.29) is 0 Å². The lowest BCUT2D eigenvalue weighted by Crippen LogP contribution is -2.64. The zero-order chi connectivity index (χ0) is 17.1. The Morgan fingerprint density at radius 3 is 1.24 bits per heavy atom. The lowest BCUT2D eigenvalue weighted by Gasteiger charge is -2.30. The second-order valence-corrected chi connectivity index (χ2v) is 6.68. The number of carboxylic acid groups (broad SMARTS) is 1. The lowest BCUT2D eigenvalue weighted by molar-refractivity contribution is -0.145. The van der Waals surface area contributed by atoms with Gasteiger partial charge in [0.1, 0.15) is 11.2 Å². The van der Waals surface area contributed by atoms with Crippen molar-refractivity contribution >= 4 is 18.2 Å². The van der Waals surface area contributed by atoms with Crippen molar-refractivity contribution in [3.8, 4) is 0 Å². The highest BCUT2D eigenvalue weighted by atomic mass is 16.6. The summed E-state index contributed by atoms with van der Waals surface area (Å²) in [6.07, 6.45) is -1.94. The van der Waals surface area contributed by atoms with Crippen LogP contribution in [-0.2, 0) is 14.3 Å². The standard InChI is InChI=1S/C13H24N2O6/c1-11(2,3)20-9(18)14-13(7,8(16)17)15-10(19)21-12(4,5)6/h1-7H3,(H,14,18)(H,15,19)(H,16,17). The highest BCUT2D eigenvalue weighted by molar-refractivity contribution is 5.87. The third-order valence-corrected chi connectivity index (χ3v) is 1.93. The lowest BCUT2D eigenvalue weighted by atomic mass is 10.2. The normalized spacial score (nSPS) is 12.3. The smallest absolute Gasteiger partial charge is 0.409 e. The zero-order valence-corrected chi connectivity index (χ0v) is 13.5. The molecule has 0 aromatic heterocycles. The average molecular weight is 304 g/mol. The summed E-state index contributed by atoms with van der Waals surface area (Å²) in [5.74, 6) is -1.46. The SMILES string of the molecule is CC(C)(C)OC(=O)NC(C)(NC(=O)OC(C)(C)C)C(=O)O. The number of ether oxygens (including phenoxy) is 2. The molecule has 122 valence electrons. The first-order valence-electron chi connectivity index (χ1n) is 6.40. The minimum atomic E-state index is -2.05. The Morgan fingerprint density at radius 1 is 0.762 bits per heavy atom. The monoisotopic (exact) mass is 304 g/mol. The van der Waals surface area contributed by atoms with Crippen LogP contribution < -0.4 is 10.6 Å². The molecule has 0 aliphatic carbocycles. The Hall–Kier alpha value is -1.99. The van der Waals surface area contributed by atoms with Crippen molar-refractivity contribution in [2.75, 3.05) is 0 Å². The number of carbonyl (C=O) groups excluding carboxylic acids is 2. The van der Waals surface area contributed by atoms with Crippen LogP contribution in [0.2, 0.25) is 0 Å². The molecule has 0 aromatic carbocycles. The highest BCUT2D eigenvalue weighted by Gasteiger charge is 2.39. The maximum atomic E-state index is 11.7. The second-order valence-electron chi connectivity index (χ2n) is 6.68. The minimum Gasteiger partial charge on any atom is -0.478 e.